The standard InChI is InChI=1S/C16H26N4O3/c1-11(13-4-6-17-7-5-13)8-16(22)20(3)10-15(21)18-14-9-12(2)23-19-14/h9,11,13,17H,4-8,10H2,1-3H3,(H,18,19,21). The lowest BCUT2D eigenvalue weighted by atomic mass is 9.84. The molecule has 0 bridgehead atoms. The Balaban J connectivity index is 1.76. The van der Waals surface area contributed by atoms with Gasteiger partial charge in [0.1, 0.15) is 5.76 Å². The number of carbonyl (C=O) groups excluding carboxylic acids is 2. The van der Waals surface area contributed by atoms with Crippen molar-refractivity contribution < 1.29 is 14.1 Å². The number of aryl methyl sites for hydroxylation is 1. The summed E-state index contributed by atoms with van der Waals surface area (Å²) < 4.78 is 4.89. The van der Waals surface area contributed by atoms with Gasteiger partial charge < -0.3 is 20.1 Å². The summed E-state index contributed by atoms with van der Waals surface area (Å²) in [5.74, 6) is 1.65. The van der Waals surface area contributed by atoms with E-state index < -0.39 is 0 Å². The third-order valence-corrected chi connectivity index (χ3v) is 4.39. The largest absolute Gasteiger partial charge is 0.360 e. The van der Waals surface area contributed by atoms with Crippen LogP contribution >= 0.6 is 0 Å². The molecule has 0 aromatic carbocycles. The monoisotopic (exact) mass is 322 g/mol. The average Bonchev–Trinajstić information content (AvgIpc) is 2.92. The lowest BCUT2D eigenvalue weighted by Gasteiger charge is -2.29. The Morgan fingerprint density at radius 2 is 2.17 bits per heavy atom. The summed E-state index contributed by atoms with van der Waals surface area (Å²) in [5, 5.41) is 9.66. The molecule has 2 N–H and O–H groups in total. The number of anilines is 1. The highest BCUT2D eigenvalue weighted by atomic mass is 16.5. The molecule has 1 saturated heterocycles. The van der Waals surface area contributed by atoms with Crippen molar-refractivity contribution in [2.24, 2.45) is 11.8 Å². The first kappa shape index (κ1) is 17.5. The summed E-state index contributed by atoms with van der Waals surface area (Å²) in [6.45, 7) is 5.95. The van der Waals surface area contributed by atoms with Crippen LogP contribution < -0.4 is 10.6 Å². The summed E-state index contributed by atoms with van der Waals surface area (Å²) in [5.41, 5.74) is 0. The zero-order chi connectivity index (χ0) is 16.8. The highest BCUT2D eigenvalue weighted by Gasteiger charge is 2.24. The maximum atomic E-state index is 12.3. The minimum atomic E-state index is -0.274. The van der Waals surface area contributed by atoms with Gasteiger partial charge in [0.05, 0.1) is 6.54 Å². The number of nitrogens with one attached hydrogen (secondary N) is 2. The zero-order valence-electron chi connectivity index (χ0n) is 14.1. The fourth-order valence-electron chi connectivity index (χ4n) is 2.92. The minimum Gasteiger partial charge on any atom is -0.360 e. The Labute approximate surface area is 136 Å². The molecule has 2 amide bonds. The highest BCUT2D eigenvalue weighted by Crippen LogP contribution is 2.24. The quantitative estimate of drug-likeness (QED) is 0.827. The van der Waals surface area contributed by atoms with Gasteiger partial charge in [0.2, 0.25) is 11.8 Å². The van der Waals surface area contributed by atoms with Crippen LogP contribution in [0.15, 0.2) is 10.6 Å². The van der Waals surface area contributed by atoms with Crippen molar-refractivity contribution in [2.45, 2.75) is 33.1 Å². The summed E-state index contributed by atoms with van der Waals surface area (Å²) in [7, 11) is 1.66. The molecule has 1 aliphatic heterocycles. The van der Waals surface area contributed by atoms with E-state index in [-0.39, 0.29) is 18.4 Å². The second-order valence-electron chi connectivity index (χ2n) is 6.39. The molecule has 0 spiro atoms. The van der Waals surface area contributed by atoms with Crippen LogP contribution in [0.2, 0.25) is 0 Å². The second kappa shape index (κ2) is 8.10. The summed E-state index contributed by atoms with van der Waals surface area (Å²) in [6.07, 6.45) is 2.71. The Morgan fingerprint density at radius 3 is 2.78 bits per heavy atom. The van der Waals surface area contributed by atoms with E-state index in [4.69, 9.17) is 4.52 Å². The van der Waals surface area contributed by atoms with Gasteiger partial charge in [-0.05, 0) is 44.7 Å². The number of rotatable bonds is 6. The predicted molar refractivity (Wildman–Crippen MR) is 86.9 cm³/mol. The molecule has 1 fully saturated rings. The highest BCUT2D eigenvalue weighted by molar-refractivity contribution is 5.93. The Kier molecular flexibility index (Phi) is 6.15. The van der Waals surface area contributed by atoms with Gasteiger partial charge in [-0.2, -0.15) is 0 Å². The molecule has 1 aromatic rings. The molecular formula is C16H26N4O3. The maximum Gasteiger partial charge on any atom is 0.245 e. The summed E-state index contributed by atoms with van der Waals surface area (Å²) >= 11 is 0. The van der Waals surface area contributed by atoms with Crippen molar-refractivity contribution in [3.05, 3.63) is 11.8 Å². The van der Waals surface area contributed by atoms with E-state index in [0.29, 0.717) is 29.8 Å². The average molecular weight is 322 g/mol. The third-order valence-electron chi connectivity index (χ3n) is 4.39. The van der Waals surface area contributed by atoms with Crippen molar-refractivity contribution in [2.75, 3.05) is 32.0 Å². The molecular weight excluding hydrogens is 296 g/mol. The van der Waals surface area contributed by atoms with Crippen molar-refractivity contribution in [1.82, 2.24) is 15.4 Å². The third kappa shape index (κ3) is 5.35. The molecule has 0 saturated carbocycles. The normalized spacial score (nSPS) is 16.8. The van der Waals surface area contributed by atoms with E-state index in [9.17, 15) is 9.59 Å². The maximum absolute atomic E-state index is 12.3. The van der Waals surface area contributed by atoms with Gasteiger partial charge in [-0.25, -0.2) is 0 Å². The van der Waals surface area contributed by atoms with Crippen LogP contribution in [0.1, 0.15) is 31.9 Å². The molecule has 2 heterocycles. The molecule has 1 atom stereocenters. The number of hydrogen-bond acceptors (Lipinski definition) is 5. The molecule has 0 aliphatic carbocycles. The van der Waals surface area contributed by atoms with Crippen LogP contribution in [0, 0.1) is 18.8 Å². The van der Waals surface area contributed by atoms with Crippen LogP contribution in [-0.4, -0.2) is 48.6 Å². The lowest BCUT2D eigenvalue weighted by molar-refractivity contribution is -0.134. The molecule has 128 valence electrons. The molecule has 2 rings (SSSR count). The van der Waals surface area contributed by atoms with Crippen LogP contribution in [0.4, 0.5) is 5.82 Å². The van der Waals surface area contributed by atoms with Crippen LogP contribution in [0.5, 0.6) is 0 Å². The molecule has 0 radical (unpaired) electrons. The van der Waals surface area contributed by atoms with Crippen molar-refractivity contribution in [3.63, 3.8) is 0 Å². The fraction of sp³-hybridized carbons (Fsp3) is 0.688. The topological polar surface area (TPSA) is 87.5 Å². The van der Waals surface area contributed by atoms with Crippen LogP contribution in [0.25, 0.3) is 0 Å². The van der Waals surface area contributed by atoms with Gasteiger partial charge in [-0.15, -0.1) is 0 Å². The Bertz CT molecular complexity index is 537. The number of aromatic nitrogens is 1. The Hall–Kier alpha value is -1.89. The van der Waals surface area contributed by atoms with Gasteiger partial charge in [0, 0.05) is 19.5 Å². The van der Waals surface area contributed by atoms with E-state index in [2.05, 4.69) is 22.7 Å². The van der Waals surface area contributed by atoms with E-state index in [0.717, 1.165) is 25.9 Å². The molecule has 1 aromatic heterocycles. The number of nitrogens with zero attached hydrogens (tertiary/aromatic N) is 2. The van der Waals surface area contributed by atoms with E-state index in [1.54, 1.807) is 20.0 Å². The van der Waals surface area contributed by atoms with Gasteiger partial charge in [-0.1, -0.05) is 12.1 Å². The van der Waals surface area contributed by atoms with Crippen LogP contribution in [0.3, 0.4) is 0 Å². The fourth-order valence-corrected chi connectivity index (χ4v) is 2.92. The SMILES string of the molecule is Cc1cc(NC(=O)CN(C)C(=O)CC(C)C2CCNCC2)no1. The van der Waals surface area contributed by atoms with Crippen molar-refractivity contribution >= 4 is 17.6 Å². The summed E-state index contributed by atoms with van der Waals surface area (Å²) in [4.78, 5) is 25.7. The molecule has 23 heavy (non-hydrogen) atoms. The van der Waals surface area contributed by atoms with Gasteiger partial charge in [0.15, 0.2) is 5.82 Å². The zero-order valence-corrected chi connectivity index (χ0v) is 14.1. The summed E-state index contributed by atoms with van der Waals surface area (Å²) in [6, 6.07) is 1.64. The number of carbonyl (C=O) groups is 2. The second-order valence-corrected chi connectivity index (χ2v) is 6.39. The number of hydrogen-bond donors (Lipinski definition) is 2. The van der Waals surface area contributed by atoms with Crippen molar-refractivity contribution in [1.29, 1.82) is 0 Å². The molecule has 1 unspecified atom stereocenters. The van der Waals surface area contributed by atoms with Gasteiger partial charge >= 0.3 is 0 Å². The van der Waals surface area contributed by atoms with Gasteiger partial charge in [0.25, 0.3) is 0 Å². The smallest absolute Gasteiger partial charge is 0.245 e. The number of likely N-dealkylation sites (N-methyl/N-ethyl adjacent to an activating group) is 1. The first-order valence-electron chi connectivity index (χ1n) is 8.13. The lowest BCUT2D eigenvalue weighted by Crippen LogP contribution is -2.37. The van der Waals surface area contributed by atoms with E-state index >= 15 is 0 Å². The van der Waals surface area contributed by atoms with E-state index in [1.165, 1.54) is 4.90 Å². The van der Waals surface area contributed by atoms with Gasteiger partial charge in [-0.3, -0.25) is 9.59 Å². The number of amides is 2. The molecule has 1 aliphatic rings. The molecule has 7 heteroatoms. The minimum absolute atomic E-state index is 0.00233. The molecule has 7 nitrogen and oxygen atoms in total. The number of piperidine rings is 1. The van der Waals surface area contributed by atoms with Crippen LogP contribution in [-0.2, 0) is 9.59 Å². The Morgan fingerprint density at radius 1 is 1.48 bits per heavy atom. The first-order chi connectivity index (χ1) is 11.0. The van der Waals surface area contributed by atoms with Crippen molar-refractivity contribution in [3.8, 4) is 0 Å². The first-order valence-corrected chi connectivity index (χ1v) is 8.13. The van der Waals surface area contributed by atoms with E-state index in [1.807, 2.05) is 0 Å². The predicted octanol–water partition coefficient (Wildman–Crippen LogP) is 1.41.